The summed E-state index contributed by atoms with van der Waals surface area (Å²) in [6.45, 7) is 8.04. The van der Waals surface area contributed by atoms with Crippen LogP contribution >= 0.6 is 11.3 Å². The second-order valence-electron chi connectivity index (χ2n) is 15.0. The van der Waals surface area contributed by atoms with Crippen LogP contribution in [0.2, 0.25) is 0 Å². The summed E-state index contributed by atoms with van der Waals surface area (Å²) < 4.78 is 80.2. The van der Waals surface area contributed by atoms with Crippen LogP contribution in [0.25, 0.3) is 32.1 Å². The summed E-state index contributed by atoms with van der Waals surface area (Å²) in [5, 5.41) is 23.4. The summed E-state index contributed by atoms with van der Waals surface area (Å²) in [6.07, 6.45) is -0.0559. The second-order valence-corrected chi connectivity index (χ2v) is 16.0. The van der Waals surface area contributed by atoms with Crippen molar-refractivity contribution < 1.29 is 41.7 Å². The lowest BCUT2D eigenvalue weighted by Crippen LogP contribution is -2.44. The molecule has 2 aromatic carbocycles. The number of anilines is 2. The van der Waals surface area contributed by atoms with Crippen molar-refractivity contribution >= 4 is 49.2 Å². The van der Waals surface area contributed by atoms with Crippen LogP contribution in [0.5, 0.6) is 6.01 Å². The zero-order chi connectivity index (χ0) is 37.2. The fraction of sp³-hybridized carbons (Fsp3) is 0.500. The molecule has 5 heterocycles. The molecule has 1 amide bonds. The number of nitriles is 1. The molecule has 3 fully saturated rings. The fourth-order valence-corrected chi connectivity index (χ4v) is 8.58. The van der Waals surface area contributed by atoms with Crippen molar-refractivity contribution in [2.75, 3.05) is 56.2 Å². The highest BCUT2D eigenvalue weighted by molar-refractivity contribution is 7.23. The highest BCUT2D eigenvalue weighted by Crippen LogP contribution is 2.46. The molecule has 4 aromatic rings. The van der Waals surface area contributed by atoms with E-state index < -0.39 is 52.0 Å². The van der Waals surface area contributed by atoms with E-state index >= 15 is 13.2 Å². The van der Waals surface area contributed by atoms with E-state index in [1.807, 2.05) is 6.07 Å². The van der Waals surface area contributed by atoms with Gasteiger partial charge in [0.1, 0.15) is 58.0 Å². The summed E-state index contributed by atoms with van der Waals surface area (Å²) in [6, 6.07) is 4.98. The molecule has 1 unspecified atom stereocenters. The first-order chi connectivity index (χ1) is 24.6. The van der Waals surface area contributed by atoms with Gasteiger partial charge >= 0.3 is 12.1 Å². The molecule has 276 valence electrons. The third-order valence-corrected chi connectivity index (χ3v) is 10.7. The molecule has 2 aromatic heterocycles. The molecule has 11 nitrogen and oxygen atoms in total. The maximum atomic E-state index is 17.0. The van der Waals surface area contributed by atoms with Gasteiger partial charge in [0.25, 0.3) is 0 Å². The number of alkyl halides is 1. The van der Waals surface area contributed by atoms with Gasteiger partial charge in [-0.25, -0.2) is 22.4 Å². The van der Waals surface area contributed by atoms with E-state index in [4.69, 9.17) is 14.2 Å². The highest BCUT2D eigenvalue weighted by atomic mass is 32.1. The van der Waals surface area contributed by atoms with Crippen LogP contribution in [0.15, 0.2) is 18.2 Å². The molecule has 16 heteroatoms. The van der Waals surface area contributed by atoms with Crippen LogP contribution in [0.1, 0.15) is 52.5 Å². The minimum Gasteiger partial charge on any atom is -0.461 e. The maximum Gasteiger partial charge on any atom is 0.412 e. The van der Waals surface area contributed by atoms with Crippen molar-refractivity contribution in [3.63, 3.8) is 0 Å². The normalized spacial score (nSPS) is 23.8. The molecule has 2 N–H and O–H groups in total. The van der Waals surface area contributed by atoms with Crippen LogP contribution in [0.4, 0.5) is 33.2 Å². The molecule has 3 atom stereocenters. The average molecular weight is 743 g/mol. The molecule has 7 rings (SSSR count). The Labute approximate surface area is 301 Å². The van der Waals surface area contributed by atoms with Crippen LogP contribution in [-0.4, -0.2) is 95.0 Å². The predicted molar refractivity (Wildman–Crippen MR) is 187 cm³/mol. The molecule has 0 radical (unpaired) electrons. The Morgan fingerprint density at radius 1 is 1.23 bits per heavy atom. The van der Waals surface area contributed by atoms with Gasteiger partial charge in [0.05, 0.1) is 41.1 Å². The number of amides is 1. The second kappa shape index (κ2) is 13.3. The van der Waals surface area contributed by atoms with Crippen molar-refractivity contribution in [1.82, 2.24) is 14.9 Å². The zero-order valence-electron chi connectivity index (χ0n) is 29.1. The number of thiophene rings is 1. The number of hydrogen-bond acceptors (Lipinski definition) is 11. The van der Waals surface area contributed by atoms with Gasteiger partial charge in [-0.3, -0.25) is 10.2 Å². The van der Waals surface area contributed by atoms with Gasteiger partial charge in [-0.1, -0.05) is 6.07 Å². The Hall–Kier alpha value is -4.30. The number of ether oxygens (including phenoxy) is 3. The molecule has 3 saturated heterocycles. The summed E-state index contributed by atoms with van der Waals surface area (Å²) >= 11 is 0.732. The first-order valence-corrected chi connectivity index (χ1v) is 17.8. The molecular weight excluding hydrogens is 704 g/mol. The molecule has 3 aliphatic rings. The largest absolute Gasteiger partial charge is 0.461 e. The van der Waals surface area contributed by atoms with Crippen LogP contribution < -0.4 is 15.0 Å². The summed E-state index contributed by atoms with van der Waals surface area (Å²) in [5.41, 5.74) is -4.03. The van der Waals surface area contributed by atoms with Gasteiger partial charge in [-0.05, 0) is 64.8 Å². The summed E-state index contributed by atoms with van der Waals surface area (Å²) in [4.78, 5) is 25.3. The summed E-state index contributed by atoms with van der Waals surface area (Å²) in [7, 11) is 0. The smallest absolute Gasteiger partial charge is 0.412 e. The SMILES string of the molecule is CC1(O)COCCN(c2nc(OC[C@@]34CCCN3C[C@H](F)C4)nc3c(F)c(-c4ccc(F)c5sc(NC(=O)OC(C)(C)C)c(C#N)c45)c(F)cc23)C1. The molecule has 0 saturated carbocycles. The number of hydrogen-bond donors (Lipinski definition) is 2. The van der Waals surface area contributed by atoms with Crippen molar-refractivity contribution in [3.8, 4) is 23.2 Å². The number of rotatable bonds is 6. The van der Waals surface area contributed by atoms with Crippen molar-refractivity contribution in [2.45, 2.75) is 69.9 Å². The third kappa shape index (κ3) is 6.70. The first-order valence-electron chi connectivity index (χ1n) is 17.0. The van der Waals surface area contributed by atoms with E-state index in [1.54, 1.807) is 32.6 Å². The Kier molecular flexibility index (Phi) is 9.21. The Morgan fingerprint density at radius 3 is 2.77 bits per heavy atom. The van der Waals surface area contributed by atoms with Crippen LogP contribution in [0.3, 0.4) is 0 Å². The van der Waals surface area contributed by atoms with Gasteiger partial charge in [-0.15, -0.1) is 11.3 Å². The lowest BCUT2D eigenvalue weighted by Gasteiger charge is -2.31. The standard InChI is InChI=1S/C36H38F4N6O5S/c1-34(2,3)51-33(47)44-31-22(14-41)25-20(6-7-23(38)29(25)52-31)26-24(39)12-21-28(27(26)40)42-32(43-30(21)45-10-11-49-17-35(4,48)16-45)50-18-36-8-5-9-46(36)15-19(37)13-36/h6-7,12,19,48H,5,8-11,13,15-18H2,1-4H3,(H,44,47)/t19-,35?,36+/m1/s1. The molecule has 3 aliphatic heterocycles. The minimum absolute atomic E-state index is 0.0111. The fourth-order valence-electron chi connectivity index (χ4n) is 7.51. The Balaban J connectivity index is 1.38. The van der Waals surface area contributed by atoms with Crippen LogP contribution in [-0.2, 0) is 9.47 Å². The average Bonchev–Trinajstić information content (AvgIpc) is 3.67. The number of aliphatic hydroxyl groups is 1. The van der Waals surface area contributed by atoms with Gasteiger partial charge in [0.15, 0.2) is 5.82 Å². The number of nitrogens with zero attached hydrogens (tertiary/aromatic N) is 5. The van der Waals surface area contributed by atoms with Crippen molar-refractivity contribution in [1.29, 1.82) is 5.26 Å². The van der Waals surface area contributed by atoms with Crippen molar-refractivity contribution in [3.05, 3.63) is 41.2 Å². The van der Waals surface area contributed by atoms with E-state index in [9.17, 15) is 19.6 Å². The topological polar surface area (TPSA) is 133 Å². The number of nitrogens with one attached hydrogen (secondary N) is 1. The number of fused-ring (bicyclic) bond motifs is 3. The predicted octanol–water partition coefficient (Wildman–Crippen LogP) is 6.69. The van der Waals surface area contributed by atoms with E-state index in [2.05, 4.69) is 20.2 Å². The molecule has 0 aliphatic carbocycles. The number of benzene rings is 2. The number of aromatic nitrogens is 2. The maximum absolute atomic E-state index is 17.0. The zero-order valence-corrected chi connectivity index (χ0v) is 29.9. The van der Waals surface area contributed by atoms with Crippen LogP contribution in [0, 0.1) is 28.8 Å². The molecular formula is C36H38F4N6O5S. The number of carbonyl (C=O) groups is 1. The molecule has 0 bridgehead atoms. The number of carbonyl (C=O) groups excluding carboxylic acids is 1. The van der Waals surface area contributed by atoms with E-state index in [0.717, 1.165) is 36.4 Å². The van der Waals surface area contributed by atoms with Gasteiger partial charge in [0, 0.05) is 30.3 Å². The molecule has 52 heavy (non-hydrogen) atoms. The van der Waals surface area contributed by atoms with Gasteiger partial charge in [-0.2, -0.15) is 15.2 Å². The minimum atomic E-state index is -1.33. The number of β-amino-alcohol motifs (C(OH)–C–C–N with tert-alkyl or cyclic N) is 1. The Bertz CT molecular complexity index is 2120. The third-order valence-electron chi connectivity index (χ3n) is 9.61. The van der Waals surface area contributed by atoms with Gasteiger partial charge in [0.2, 0.25) is 0 Å². The lowest BCUT2D eigenvalue weighted by atomic mass is 9.95. The van der Waals surface area contributed by atoms with Crippen molar-refractivity contribution in [2.24, 2.45) is 0 Å². The monoisotopic (exact) mass is 742 g/mol. The first kappa shape index (κ1) is 36.1. The number of halogens is 4. The van der Waals surface area contributed by atoms with E-state index in [0.29, 0.717) is 13.0 Å². The lowest BCUT2D eigenvalue weighted by molar-refractivity contribution is -0.0123. The summed E-state index contributed by atoms with van der Waals surface area (Å²) in [5.74, 6) is -2.85. The quantitative estimate of drug-likeness (QED) is 0.206. The highest BCUT2D eigenvalue weighted by Gasteiger charge is 2.49. The Morgan fingerprint density at radius 2 is 2.02 bits per heavy atom. The van der Waals surface area contributed by atoms with E-state index in [1.165, 1.54) is 6.07 Å². The van der Waals surface area contributed by atoms with Gasteiger partial charge < -0.3 is 24.2 Å². The van der Waals surface area contributed by atoms with E-state index in [-0.39, 0.29) is 88.3 Å². The molecule has 0 spiro atoms.